The summed E-state index contributed by atoms with van der Waals surface area (Å²) < 4.78 is 5.62. The van der Waals surface area contributed by atoms with Crippen molar-refractivity contribution in [1.82, 2.24) is 10.2 Å². The molecule has 4 bridgehead atoms. The van der Waals surface area contributed by atoms with Crippen molar-refractivity contribution in [3.63, 3.8) is 0 Å². The standard InChI is InChI=1S/C21H25N3O2S/c1-13-4-2-3-5-17(13)26-12-18(25)22-20-24-23-19(27-20)21-9-14-6-15(10-21)8-16(7-14)11-21/h2-5,14-16H,6-12H2,1H3,(H,22,24,25). The normalized spacial score (nSPS) is 31.1. The number of aromatic nitrogens is 2. The van der Waals surface area contributed by atoms with Gasteiger partial charge in [0.05, 0.1) is 0 Å². The summed E-state index contributed by atoms with van der Waals surface area (Å²) >= 11 is 1.56. The van der Waals surface area contributed by atoms with E-state index in [2.05, 4.69) is 15.5 Å². The maximum absolute atomic E-state index is 12.3. The highest BCUT2D eigenvalue weighted by Crippen LogP contribution is 2.61. The number of hydrogen-bond acceptors (Lipinski definition) is 5. The second-order valence-electron chi connectivity index (χ2n) is 8.71. The zero-order valence-corrected chi connectivity index (χ0v) is 16.4. The molecule has 4 fully saturated rings. The Morgan fingerprint density at radius 2 is 1.81 bits per heavy atom. The van der Waals surface area contributed by atoms with Crippen LogP contribution in [0.4, 0.5) is 5.13 Å². The molecule has 1 heterocycles. The third-order valence-corrected chi connectivity index (χ3v) is 7.70. The molecule has 4 saturated carbocycles. The Labute approximate surface area is 163 Å². The lowest BCUT2D eigenvalue weighted by Gasteiger charge is -2.55. The number of para-hydroxylation sites is 1. The summed E-state index contributed by atoms with van der Waals surface area (Å²) in [6.07, 6.45) is 8.03. The Bertz CT molecular complexity index is 827. The number of nitrogens with one attached hydrogen (secondary N) is 1. The first-order valence-electron chi connectivity index (χ1n) is 9.92. The molecule has 142 valence electrons. The summed E-state index contributed by atoms with van der Waals surface area (Å²) in [7, 11) is 0. The molecular formula is C21H25N3O2S. The zero-order valence-electron chi connectivity index (χ0n) is 15.6. The second kappa shape index (κ2) is 6.59. The van der Waals surface area contributed by atoms with Gasteiger partial charge in [-0.3, -0.25) is 10.1 Å². The number of hydrogen-bond donors (Lipinski definition) is 1. The van der Waals surface area contributed by atoms with E-state index < -0.39 is 0 Å². The molecule has 0 unspecified atom stereocenters. The highest BCUT2D eigenvalue weighted by atomic mass is 32.1. The molecule has 6 rings (SSSR count). The first-order valence-corrected chi connectivity index (χ1v) is 10.7. The van der Waals surface area contributed by atoms with Gasteiger partial charge in [0, 0.05) is 5.41 Å². The Morgan fingerprint density at radius 1 is 1.15 bits per heavy atom. The molecule has 0 radical (unpaired) electrons. The van der Waals surface area contributed by atoms with E-state index in [0.29, 0.717) is 5.13 Å². The molecule has 5 nitrogen and oxygen atoms in total. The predicted octanol–water partition coefficient (Wildman–Crippen LogP) is 4.33. The Morgan fingerprint density at radius 3 is 2.48 bits per heavy atom. The van der Waals surface area contributed by atoms with Gasteiger partial charge in [-0.25, -0.2) is 0 Å². The monoisotopic (exact) mass is 383 g/mol. The number of rotatable bonds is 5. The van der Waals surface area contributed by atoms with Gasteiger partial charge in [0.15, 0.2) is 6.61 Å². The van der Waals surface area contributed by atoms with E-state index in [1.807, 2.05) is 31.2 Å². The molecule has 2 aromatic rings. The molecule has 0 spiro atoms. The minimum atomic E-state index is -0.188. The molecule has 1 aromatic carbocycles. The van der Waals surface area contributed by atoms with Crippen LogP contribution in [0.15, 0.2) is 24.3 Å². The number of nitrogens with zero attached hydrogens (tertiary/aromatic N) is 2. The van der Waals surface area contributed by atoms with E-state index in [9.17, 15) is 4.79 Å². The number of benzene rings is 1. The van der Waals surface area contributed by atoms with Gasteiger partial charge in [-0.05, 0) is 74.8 Å². The van der Waals surface area contributed by atoms with Gasteiger partial charge in [0.25, 0.3) is 5.91 Å². The summed E-state index contributed by atoms with van der Waals surface area (Å²) in [5, 5.41) is 13.4. The maximum atomic E-state index is 12.3. The molecule has 27 heavy (non-hydrogen) atoms. The molecule has 1 aromatic heterocycles. The van der Waals surface area contributed by atoms with Crippen LogP contribution >= 0.6 is 11.3 Å². The van der Waals surface area contributed by atoms with Gasteiger partial charge in [0.2, 0.25) is 5.13 Å². The van der Waals surface area contributed by atoms with Crippen LogP contribution in [0.25, 0.3) is 0 Å². The Hall–Kier alpha value is -1.95. The maximum Gasteiger partial charge on any atom is 0.264 e. The fourth-order valence-electron chi connectivity index (χ4n) is 5.88. The van der Waals surface area contributed by atoms with Gasteiger partial charge in [-0.15, -0.1) is 10.2 Å². The van der Waals surface area contributed by atoms with Crippen molar-refractivity contribution in [1.29, 1.82) is 0 Å². The molecule has 4 aliphatic carbocycles. The average Bonchev–Trinajstić information content (AvgIpc) is 3.09. The fourth-order valence-corrected chi connectivity index (χ4v) is 6.86. The van der Waals surface area contributed by atoms with Gasteiger partial charge in [0.1, 0.15) is 10.8 Å². The smallest absolute Gasteiger partial charge is 0.264 e. The molecular weight excluding hydrogens is 358 g/mol. The lowest BCUT2D eigenvalue weighted by atomic mass is 9.50. The van der Waals surface area contributed by atoms with Crippen LogP contribution < -0.4 is 10.1 Å². The Kier molecular flexibility index (Phi) is 4.19. The molecule has 6 heteroatoms. The van der Waals surface area contributed by atoms with E-state index in [1.165, 1.54) is 38.5 Å². The quantitative estimate of drug-likeness (QED) is 0.835. The van der Waals surface area contributed by atoms with E-state index >= 15 is 0 Å². The number of ether oxygens (including phenoxy) is 1. The third-order valence-electron chi connectivity index (χ3n) is 6.62. The first kappa shape index (κ1) is 17.2. The topological polar surface area (TPSA) is 64.1 Å². The third kappa shape index (κ3) is 3.24. The molecule has 0 saturated heterocycles. The summed E-state index contributed by atoms with van der Waals surface area (Å²) in [6, 6.07) is 7.70. The molecule has 1 N–H and O–H groups in total. The lowest BCUT2D eigenvalue weighted by molar-refractivity contribution is -0.118. The van der Waals surface area contributed by atoms with E-state index in [4.69, 9.17) is 4.74 Å². The fraction of sp³-hybridized carbons (Fsp3) is 0.571. The van der Waals surface area contributed by atoms with Crippen molar-refractivity contribution in [2.24, 2.45) is 17.8 Å². The van der Waals surface area contributed by atoms with Crippen LogP contribution in [0.3, 0.4) is 0 Å². The van der Waals surface area contributed by atoms with Gasteiger partial charge >= 0.3 is 0 Å². The van der Waals surface area contributed by atoms with Crippen LogP contribution in [-0.4, -0.2) is 22.7 Å². The highest BCUT2D eigenvalue weighted by Gasteiger charge is 2.53. The van der Waals surface area contributed by atoms with Crippen molar-refractivity contribution in [2.75, 3.05) is 11.9 Å². The molecule has 0 atom stereocenters. The van der Waals surface area contributed by atoms with Crippen LogP contribution in [-0.2, 0) is 10.2 Å². The Balaban J connectivity index is 1.24. The zero-order chi connectivity index (χ0) is 18.4. The molecule has 0 aliphatic heterocycles. The van der Waals surface area contributed by atoms with Crippen LogP contribution in [0.5, 0.6) is 5.75 Å². The number of carbonyl (C=O) groups excluding carboxylic acids is 1. The average molecular weight is 384 g/mol. The van der Waals surface area contributed by atoms with Gasteiger partial charge < -0.3 is 4.74 Å². The van der Waals surface area contributed by atoms with Crippen molar-refractivity contribution in [2.45, 2.75) is 50.9 Å². The van der Waals surface area contributed by atoms with Crippen LogP contribution in [0, 0.1) is 24.7 Å². The second-order valence-corrected chi connectivity index (χ2v) is 9.69. The van der Waals surface area contributed by atoms with Crippen molar-refractivity contribution < 1.29 is 9.53 Å². The largest absolute Gasteiger partial charge is 0.483 e. The van der Waals surface area contributed by atoms with Crippen molar-refractivity contribution >= 4 is 22.4 Å². The number of aryl methyl sites for hydroxylation is 1. The predicted molar refractivity (Wildman–Crippen MR) is 105 cm³/mol. The summed E-state index contributed by atoms with van der Waals surface area (Å²) in [4.78, 5) is 12.3. The van der Waals surface area contributed by atoms with E-state index in [-0.39, 0.29) is 17.9 Å². The number of carbonyl (C=O) groups is 1. The first-order chi connectivity index (χ1) is 13.1. The summed E-state index contributed by atoms with van der Waals surface area (Å²) in [6.45, 7) is 1.95. The summed E-state index contributed by atoms with van der Waals surface area (Å²) in [5.74, 6) is 3.17. The summed E-state index contributed by atoms with van der Waals surface area (Å²) in [5.41, 5.74) is 1.25. The lowest BCUT2D eigenvalue weighted by Crippen LogP contribution is -2.48. The van der Waals surface area contributed by atoms with Crippen LogP contribution in [0.2, 0.25) is 0 Å². The highest BCUT2D eigenvalue weighted by molar-refractivity contribution is 7.15. The van der Waals surface area contributed by atoms with Crippen molar-refractivity contribution in [3.8, 4) is 5.75 Å². The molecule has 4 aliphatic rings. The molecule has 1 amide bonds. The number of amides is 1. The van der Waals surface area contributed by atoms with Gasteiger partial charge in [-0.1, -0.05) is 29.5 Å². The minimum absolute atomic E-state index is 0.0167. The van der Waals surface area contributed by atoms with E-state index in [1.54, 1.807) is 11.3 Å². The minimum Gasteiger partial charge on any atom is -0.483 e. The number of anilines is 1. The van der Waals surface area contributed by atoms with Gasteiger partial charge in [-0.2, -0.15) is 0 Å². The SMILES string of the molecule is Cc1ccccc1OCC(=O)Nc1nnc(C23CC4CC(CC(C4)C2)C3)s1. The van der Waals surface area contributed by atoms with Crippen LogP contribution in [0.1, 0.15) is 49.1 Å². The van der Waals surface area contributed by atoms with E-state index in [0.717, 1.165) is 34.1 Å². The van der Waals surface area contributed by atoms with Crippen molar-refractivity contribution in [3.05, 3.63) is 34.8 Å².